The molecule has 0 aliphatic carbocycles. The summed E-state index contributed by atoms with van der Waals surface area (Å²) in [4.78, 5) is 25.4. The number of hydrogen-bond acceptors (Lipinski definition) is 4. The highest BCUT2D eigenvalue weighted by molar-refractivity contribution is 5.39. The molecule has 0 N–H and O–H groups in total. The third kappa shape index (κ3) is 4.07. The third-order valence-corrected chi connectivity index (χ3v) is 3.63. The van der Waals surface area contributed by atoms with Gasteiger partial charge in [0.25, 0.3) is 5.56 Å². The van der Waals surface area contributed by atoms with Crippen molar-refractivity contribution in [2.24, 2.45) is 14.1 Å². The van der Waals surface area contributed by atoms with Crippen LogP contribution in [0.25, 0.3) is 0 Å². The van der Waals surface area contributed by atoms with Crippen LogP contribution in [-0.4, -0.2) is 29.3 Å². The molecule has 6 nitrogen and oxygen atoms in total. The molecule has 0 spiro atoms. The number of rotatable bonds is 4. The van der Waals surface area contributed by atoms with Gasteiger partial charge < -0.3 is 9.64 Å². The Balaban J connectivity index is 1.98. The minimum atomic E-state index is -0.361. The van der Waals surface area contributed by atoms with Gasteiger partial charge in [-0.05, 0) is 24.6 Å². The first-order chi connectivity index (χ1) is 11.4. The molecule has 0 amide bonds. The molecule has 6 heteroatoms. The van der Waals surface area contributed by atoms with Crippen LogP contribution in [0.5, 0.6) is 5.75 Å². The lowest BCUT2D eigenvalue weighted by molar-refractivity contribution is 0.370. The van der Waals surface area contributed by atoms with Gasteiger partial charge in [-0.2, -0.15) is 0 Å². The van der Waals surface area contributed by atoms with Crippen molar-refractivity contribution < 1.29 is 4.74 Å². The SMILES string of the molecule is Cc1cccc(OCC#CCN(C)c2cc(=O)n(C)c(=O)n2C)c1. The topological polar surface area (TPSA) is 56.5 Å². The van der Waals surface area contributed by atoms with Gasteiger partial charge in [-0.15, -0.1) is 0 Å². The summed E-state index contributed by atoms with van der Waals surface area (Å²) >= 11 is 0. The lowest BCUT2D eigenvalue weighted by Gasteiger charge is -2.19. The monoisotopic (exact) mass is 327 g/mol. The van der Waals surface area contributed by atoms with Gasteiger partial charge in [0, 0.05) is 27.2 Å². The molecule has 0 atom stereocenters. The molecule has 0 aliphatic heterocycles. The van der Waals surface area contributed by atoms with E-state index in [0.717, 1.165) is 15.9 Å². The van der Waals surface area contributed by atoms with Crippen molar-refractivity contribution in [3.8, 4) is 17.6 Å². The minimum Gasteiger partial charge on any atom is -0.481 e. The summed E-state index contributed by atoms with van der Waals surface area (Å²) < 4.78 is 8.04. The van der Waals surface area contributed by atoms with Gasteiger partial charge in [0.1, 0.15) is 18.2 Å². The van der Waals surface area contributed by atoms with Gasteiger partial charge in [0.15, 0.2) is 0 Å². The number of nitrogens with zero attached hydrogens (tertiary/aromatic N) is 3. The Morgan fingerprint density at radius 1 is 1.12 bits per heavy atom. The Labute approximate surface area is 140 Å². The average molecular weight is 327 g/mol. The molecule has 2 rings (SSSR count). The van der Waals surface area contributed by atoms with E-state index in [2.05, 4.69) is 11.8 Å². The van der Waals surface area contributed by atoms with Crippen molar-refractivity contribution in [3.05, 3.63) is 56.7 Å². The van der Waals surface area contributed by atoms with E-state index in [4.69, 9.17) is 4.74 Å². The highest BCUT2D eigenvalue weighted by Crippen LogP contribution is 2.11. The van der Waals surface area contributed by atoms with Crippen molar-refractivity contribution in [3.63, 3.8) is 0 Å². The van der Waals surface area contributed by atoms with E-state index < -0.39 is 0 Å². The first-order valence-corrected chi connectivity index (χ1v) is 7.53. The third-order valence-electron chi connectivity index (χ3n) is 3.63. The summed E-state index contributed by atoms with van der Waals surface area (Å²) in [5.41, 5.74) is 0.433. The molecule has 0 aliphatic rings. The molecule has 1 aromatic carbocycles. The number of benzene rings is 1. The number of anilines is 1. The summed E-state index contributed by atoms with van der Waals surface area (Å²) in [5, 5.41) is 0. The molecule has 2 aromatic rings. The van der Waals surface area contributed by atoms with Crippen LogP contribution < -0.4 is 20.9 Å². The summed E-state index contributed by atoms with van der Waals surface area (Å²) in [6, 6.07) is 9.19. The predicted octanol–water partition coefficient (Wildman–Crippen LogP) is 0.911. The molecule has 0 saturated carbocycles. The summed E-state index contributed by atoms with van der Waals surface area (Å²) in [5.74, 6) is 7.21. The maximum Gasteiger partial charge on any atom is 0.332 e. The predicted molar refractivity (Wildman–Crippen MR) is 94.6 cm³/mol. The molecule has 24 heavy (non-hydrogen) atoms. The fraction of sp³-hybridized carbons (Fsp3) is 0.333. The lowest BCUT2D eigenvalue weighted by Crippen LogP contribution is -2.39. The van der Waals surface area contributed by atoms with Crippen LogP contribution >= 0.6 is 0 Å². The summed E-state index contributed by atoms with van der Waals surface area (Å²) in [6.07, 6.45) is 0. The fourth-order valence-electron chi connectivity index (χ4n) is 2.22. The van der Waals surface area contributed by atoms with Crippen molar-refractivity contribution in [1.29, 1.82) is 0 Å². The van der Waals surface area contributed by atoms with Crippen molar-refractivity contribution in [1.82, 2.24) is 9.13 Å². The molecule has 126 valence electrons. The number of aryl methyl sites for hydroxylation is 1. The average Bonchev–Trinajstić information content (AvgIpc) is 2.55. The van der Waals surface area contributed by atoms with E-state index in [1.54, 1.807) is 19.0 Å². The van der Waals surface area contributed by atoms with Gasteiger partial charge in [-0.1, -0.05) is 24.0 Å². The Morgan fingerprint density at radius 3 is 2.58 bits per heavy atom. The molecule has 0 bridgehead atoms. The van der Waals surface area contributed by atoms with E-state index in [9.17, 15) is 9.59 Å². The molecular formula is C18H21N3O3. The molecule has 0 saturated heterocycles. The zero-order valence-electron chi connectivity index (χ0n) is 14.4. The van der Waals surface area contributed by atoms with Crippen LogP contribution in [0.1, 0.15) is 5.56 Å². The smallest absolute Gasteiger partial charge is 0.332 e. The lowest BCUT2D eigenvalue weighted by atomic mass is 10.2. The van der Waals surface area contributed by atoms with Gasteiger partial charge >= 0.3 is 5.69 Å². The second kappa shape index (κ2) is 7.55. The van der Waals surface area contributed by atoms with E-state index in [-0.39, 0.29) is 17.9 Å². The Hall–Kier alpha value is -2.94. The van der Waals surface area contributed by atoms with E-state index in [0.29, 0.717) is 12.4 Å². The maximum atomic E-state index is 11.9. The van der Waals surface area contributed by atoms with Crippen LogP contribution in [0.4, 0.5) is 5.82 Å². The molecule has 1 aromatic heterocycles. The summed E-state index contributed by atoms with van der Waals surface area (Å²) in [6.45, 7) is 2.67. The maximum absolute atomic E-state index is 11.9. The molecule has 1 heterocycles. The first kappa shape index (κ1) is 17.4. The molecule has 0 unspecified atom stereocenters. The fourth-order valence-corrected chi connectivity index (χ4v) is 2.22. The second-order valence-corrected chi connectivity index (χ2v) is 5.56. The van der Waals surface area contributed by atoms with E-state index in [1.165, 1.54) is 17.7 Å². The van der Waals surface area contributed by atoms with E-state index in [1.807, 2.05) is 31.2 Å². The van der Waals surface area contributed by atoms with E-state index >= 15 is 0 Å². The highest BCUT2D eigenvalue weighted by atomic mass is 16.5. The molecule has 0 fully saturated rings. The first-order valence-electron chi connectivity index (χ1n) is 7.53. The van der Waals surface area contributed by atoms with Crippen molar-refractivity contribution >= 4 is 5.82 Å². The Kier molecular flexibility index (Phi) is 5.48. The minimum absolute atomic E-state index is 0.285. The highest BCUT2D eigenvalue weighted by Gasteiger charge is 2.08. The standard InChI is InChI=1S/C18H21N3O3/c1-14-8-7-9-15(12-14)24-11-6-5-10-19(2)16-13-17(22)21(4)18(23)20(16)3/h7-9,12-13H,10-11H2,1-4H3. The van der Waals surface area contributed by atoms with Gasteiger partial charge in [-0.3, -0.25) is 13.9 Å². The Morgan fingerprint density at radius 2 is 1.88 bits per heavy atom. The second-order valence-electron chi connectivity index (χ2n) is 5.56. The zero-order chi connectivity index (χ0) is 17.7. The largest absolute Gasteiger partial charge is 0.481 e. The molecular weight excluding hydrogens is 306 g/mol. The quantitative estimate of drug-likeness (QED) is 0.784. The van der Waals surface area contributed by atoms with Gasteiger partial charge in [-0.25, -0.2) is 4.79 Å². The van der Waals surface area contributed by atoms with Crippen LogP contribution in [0.3, 0.4) is 0 Å². The Bertz CT molecular complexity index is 900. The van der Waals surface area contributed by atoms with Crippen LogP contribution in [0.15, 0.2) is 39.9 Å². The molecule has 0 radical (unpaired) electrons. The van der Waals surface area contributed by atoms with Gasteiger partial charge in [0.2, 0.25) is 0 Å². The van der Waals surface area contributed by atoms with Crippen LogP contribution in [0, 0.1) is 18.8 Å². The van der Waals surface area contributed by atoms with Crippen molar-refractivity contribution in [2.75, 3.05) is 25.1 Å². The normalized spacial score (nSPS) is 10.0. The zero-order valence-corrected chi connectivity index (χ0v) is 14.4. The number of ether oxygens (including phenoxy) is 1. The van der Waals surface area contributed by atoms with Gasteiger partial charge in [0.05, 0.1) is 6.54 Å². The number of hydrogen-bond donors (Lipinski definition) is 0. The van der Waals surface area contributed by atoms with Crippen molar-refractivity contribution in [2.45, 2.75) is 6.92 Å². The van der Waals surface area contributed by atoms with Crippen LogP contribution in [0.2, 0.25) is 0 Å². The number of aromatic nitrogens is 2. The van der Waals surface area contributed by atoms with Crippen LogP contribution in [-0.2, 0) is 14.1 Å². The summed E-state index contributed by atoms with van der Waals surface area (Å²) in [7, 11) is 4.86.